The van der Waals surface area contributed by atoms with E-state index >= 15 is 0 Å². The maximum atomic E-state index is 12.8. The van der Waals surface area contributed by atoms with Crippen molar-refractivity contribution in [1.29, 1.82) is 0 Å². The van der Waals surface area contributed by atoms with E-state index in [9.17, 15) is 19.2 Å². The van der Waals surface area contributed by atoms with E-state index in [1.807, 2.05) is 128 Å². The monoisotopic (exact) mass is 912 g/mol. The molecular formula is C50H61ClN4O10. The molecule has 0 aliphatic carbocycles. The van der Waals surface area contributed by atoms with Crippen molar-refractivity contribution in [2.45, 2.75) is 64.3 Å². The lowest BCUT2D eigenvalue weighted by molar-refractivity contribution is -0.216. The van der Waals surface area contributed by atoms with Gasteiger partial charge in [0.1, 0.15) is 13.2 Å². The summed E-state index contributed by atoms with van der Waals surface area (Å²) >= 11 is 4.82. The first-order chi connectivity index (χ1) is 31.6. The molecule has 15 heteroatoms. The Bertz CT molecular complexity index is 2070. The van der Waals surface area contributed by atoms with Gasteiger partial charge in [-0.2, -0.15) is 0 Å². The number of hydrogen-bond donors (Lipinski definition) is 1. The Balaban J connectivity index is 0.000000197. The second-order valence-electron chi connectivity index (χ2n) is 16.0. The van der Waals surface area contributed by atoms with Crippen LogP contribution in [-0.2, 0) is 51.2 Å². The van der Waals surface area contributed by atoms with Crippen molar-refractivity contribution in [2.75, 3.05) is 75.9 Å². The SMILES string of the molecule is CCC(=O)Cl.CCC(=O)N(CC1CN(C(=O)OCc2ccccc2)CCC12OCCO2)c1ccccc1.O=C(OCc1ccccc1)N1CCC2(OCCO2)C(CNc2ccccc2)C1. The molecule has 0 radical (unpaired) electrons. The smallest absolute Gasteiger partial charge is 0.410 e. The van der Waals surface area contributed by atoms with Crippen LogP contribution < -0.4 is 10.2 Å². The van der Waals surface area contributed by atoms with Gasteiger partial charge < -0.3 is 48.4 Å². The van der Waals surface area contributed by atoms with Crippen molar-refractivity contribution in [1.82, 2.24) is 9.80 Å². The van der Waals surface area contributed by atoms with Gasteiger partial charge in [-0.1, -0.05) is 111 Å². The quantitative estimate of drug-likeness (QED) is 0.137. The summed E-state index contributed by atoms with van der Waals surface area (Å²) in [7, 11) is 0. The maximum absolute atomic E-state index is 12.8. The largest absolute Gasteiger partial charge is 0.445 e. The zero-order chi connectivity index (χ0) is 45.9. The van der Waals surface area contributed by atoms with E-state index in [4.69, 9.17) is 40.0 Å². The first kappa shape index (κ1) is 48.9. The van der Waals surface area contributed by atoms with Gasteiger partial charge in [0.25, 0.3) is 0 Å². The van der Waals surface area contributed by atoms with Crippen molar-refractivity contribution in [2.24, 2.45) is 11.8 Å². The van der Waals surface area contributed by atoms with Gasteiger partial charge in [-0.25, -0.2) is 9.59 Å². The number of hydrogen-bond acceptors (Lipinski definition) is 11. The molecular weight excluding hydrogens is 852 g/mol. The van der Waals surface area contributed by atoms with Crippen LogP contribution in [-0.4, -0.2) is 110 Å². The van der Waals surface area contributed by atoms with E-state index in [0.29, 0.717) is 91.4 Å². The number of benzene rings is 4. The zero-order valence-corrected chi connectivity index (χ0v) is 38.1. The lowest BCUT2D eigenvalue weighted by Crippen LogP contribution is -2.58. The van der Waals surface area contributed by atoms with Crippen LogP contribution in [0.25, 0.3) is 0 Å². The molecule has 0 aromatic heterocycles. The van der Waals surface area contributed by atoms with Crippen molar-refractivity contribution in [3.05, 3.63) is 132 Å². The van der Waals surface area contributed by atoms with Gasteiger partial charge in [0.2, 0.25) is 11.1 Å². The molecule has 2 unspecified atom stereocenters. The minimum absolute atomic E-state index is 0.0214. The van der Waals surface area contributed by atoms with E-state index in [0.717, 1.165) is 22.5 Å². The Kier molecular flexibility index (Phi) is 18.6. The number of nitrogens with zero attached hydrogens (tertiary/aromatic N) is 3. The summed E-state index contributed by atoms with van der Waals surface area (Å²) < 4.78 is 35.2. The first-order valence-electron chi connectivity index (χ1n) is 22.4. The minimum atomic E-state index is -0.780. The average Bonchev–Trinajstić information content (AvgIpc) is 4.04. The standard InChI is InChI=1S/C25H30N2O5.C22H26N2O4.C3H5ClO/c1-2-23(28)27(22-11-7-4-8-12-22)18-21-17-26(14-13-25(21)31-15-16-32-25)24(29)30-19-20-9-5-3-6-10-20;25-21(26-17-18-7-3-1-4-8-18)24-12-11-22(27-13-14-28-22)19(16-24)15-23-20-9-5-2-6-10-20;1-2-3(4)5/h3-12,21H,2,13-19H2,1H3;1-10,19,23H,11-17H2;2H2,1H3. The highest BCUT2D eigenvalue weighted by Crippen LogP contribution is 2.39. The summed E-state index contributed by atoms with van der Waals surface area (Å²) in [6.45, 7) is 9.34. The Morgan fingerprint density at radius 3 is 1.49 bits per heavy atom. The normalized spacial score (nSPS) is 19.2. The lowest BCUT2D eigenvalue weighted by Gasteiger charge is -2.45. The molecule has 4 aromatic carbocycles. The predicted molar refractivity (Wildman–Crippen MR) is 247 cm³/mol. The van der Waals surface area contributed by atoms with E-state index < -0.39 is 11.6 Å². The molecule has 8 rings (SSSR count). The van der Waals surface area contributed by atoms with Crippen LogP contribution in [0.1, 0.15) is 50.7 Å². The van der Waals surface area contributed by atoms with E-state index in [1.165, 1.54) is 0 Å². The van der Waals surface area contributed by atoms with Gasteiger partial charge in [-0.15, -0.1) is 0 Å². The molecule has 4 aliphatic heterocycles. The Morgan fingerprint density at radius 1 is 0.631 bits per heavy atom. The number of likely N-dealkylation sites (tertiary alicyclic amines) is 2. The summed E-state index contributed by atoms with van der Waals surface area (Å²) in [6.07, 6.45) is 1.36. The number of anilines is 2. The van der Waals surface area contributed by atoms with Crippen molar-refractivity contribution in [3.8, 4) is 0 Å². The number of amides is 3. The Hall–Kier alpha value is -5.51. The van der Waals surface area contributed by atoms with Gasteiger partial charge >= 0.3 is 12.2 Å². The Morgan fingerprint density at radius 2 is 1.05 bits per heavy atom. The van der Waals surface area contributed by atoms with Gasteiger partial charge in [-0.3, -0.25) is 9.59 Å². The third-order valence-corrected chi connectivity index (χ3v) is 12.0. The molecule has 2 atom stereocenters. The number of nitrogens with one attached hydrogen (secondary N) is 1. The van der Waals surface area contributed by atoms with E-state index in [1.54, 1.807) is 21.6 Å². The molecule has 2 spiro atoms. The van der Waals surface area contributed by atoms with Gasteiger partial charge in [0.05, 0.1) is 26.4 Å². The summed E-state index contributed by atoms with van der Waals surface area (Å²) in [4.78, 5) is 53.0. The van der Waals surface area contributed by atoms with Crippen LogP contribution in [0.2, 0.25) is 0 Å². The molecule has 3 amide bonds. The molecule has 0 bridgehead atoms. The third kappa shape index (κ3) is 14.0. The summed E-state index contributed by atoms with van der Waals surface area (Å²) in [5.74, 6) is -1.55. The highest BCUT2D eigenvalue weighted by atomic mass is 35.5. The maximum Gasteiger partial charge on any atom is 0.410 e. The van der Waals surface area contributed by atoms with Gasteiger partial charge in [-0.05, 0) is 47.0 Å². The fourth-order valence-corrected chi connectivity index (χ4v) is 8.22. The second kappa shape index (κ2) is 24.7. The fraction of sp³-hybridized carbons (Fsp3) is 0.440. The second-order valence-corrected chi connectivity index (χ2v) is 16.5. The molecule has 4 heterocycles. The minimum Gasteiger partial charge on any atom is -0.445 e. The van der Waals surface area contributed by atoms with E-state index in [-0.39, 0.29) is 48.4 Å². The number of rotatable bonds is 12. The molecule has 14 nitrogen and oxygen atoms in total. The summed E-state index contributed by atoms with van der Waals surface area (Å²) in [5.41, 5.74) is 3.79. The predicted octanol–water partition coefficient (Wildman–Crippen LogP) is 8.49. The number of ether oxygens (including phenoxy) is 6. The van der Waals surface area contributed by atoms with E-state index in [2.05, 4.69) is 5.32 Å². The van der Waals surface area contributed by atoms with Gasteiger partial charge in [0, 0.05) is 88.2 Å². The fourth-order valence-electron chi connectivity index (χ4n) is 8.22. The van der Waals surface area contributed by atoms with Crippen LogP contribution >= 0.6 is 11.6 Å². The van der Waals surface area contributed by atoms with Crippen molar-refractivity contribution >= 4 is 46.3 Å². The lowest BCUT2D eigenvalue weighted by atomic mass is 9.89. The van der Waals surface area contributed by atoms with Crippen LogP contribution in [0.15, 0.2) is 121 Å². The number of para-hydroxylation sites is 2. The van der Waals surface area contributed by atoms with Crippen LogP contribution in [0, 0.1) is 11.8 Å². The highest BCUT2D eigenvalue weighted by Gasteiger charge is 2.51. The zero-order valence-electron chi connectivity index (χ0n) is 37.3. The van der Waals surface area contributed by atoms with Crippen LogP contribution in [0.4, 0.5) is 21.0 Å². The number of halogens is 1. The first-order valence-corrected chi connectivity index (χ1v) is 22.8. The molecule has 1 N–H and O–H groups in total. The summed E-state index contributed by atoms with van der Waals surface area (Å²) in [5, 5.41) is 3.17. The molecule has 4 aromatic rings. The molecule has 4 saturated heterocycles. The van der Waals surface area contributed by atoms with Crippen molar-refractivity contribution < 1.29 is 47.6 Å². The summed E-state index contributed by atoms with van der Waals surface area (Å²) in [6, 6.07) is 39.0. The van der Waals surface area contributed by atoms with Crippen LogP contribution in [0.3, 0.4) is 0 Å². The van der Waals surface area contributed by atoms with Crippen LogP contribution in [0.5, 0.6) is 0 Å². The molecule has 0 saturated carbocycles. The molecule has 4 fully saturated rings. The van der Waals surface area contributed by atoms with Crippen molar-refractivity contribution in [3.63, 3.8) is 0 Å². The number of piperidine rings is 2. The third-order valence-electron chi connectivity index (χ3n) is 11.7. The highest BCUT2D eigenvalue weighted by molar-refractivity contribution is 6.63. The molecule has 348 valence electrons. The topological polar surface area (TPSA) is 145 Å². The molecule has 65 heavy (non-hydrogen) atoms. The van der Waals surface area contributed by atoms with Gasteiger partial charge in [0.15, 0.2) is 11.6 Å². The number of carbonyl (C=O) groups is 4. The Labute approximate surface area is 387 Å². The average molecular weight is 914 g/mol. The number of carbonyl (C=O) groups excluding carboxylic acids is 4. The molecule has 4 aliphatic rings.